The number of aliphatic hydroxyl groups excluding tert-OH is 1. The van der Waals surface area contributed by atoms with Gasteiger partial charge in [0.2, 0.25) is 0 Å². The van der Waals surface area contributed by atoms with Crippen molar-refractivity contribution >= 4 is 11.2 Å². The molecule has 0 spiro atoms. The second-order valence-corrected chi connectivity index (χ2v) is 4.45. The van der Waals surface area contributed by atoms with E-state index in [0.717, 1.165) is 0 Å². The molecule has 2 aromatic heterocycles. The number of rotatable bonds is 0. The van der Waals surface area contributed by atoms with Crippen molar-refractivity contribution in [2.24, 2.45) is 0 Å². The lowest BCUT2D eigenvalue weighted by Gasteiger charge is -2.13. The van der Waals surface area contributed by atoms with Crippen molar-refractivity contribution in [1.82, 2.24) is 19.6 Å². The van der Waals surface area contributed by atoms with Crippen LogP contribution >= 0.6 is 0 Å². The molecule has 7 nitrogen and oxygen atoms in total. The SMILES string of the molecule is O=c1ccc2nnn3c2n1[C@H]1CC(O)[C@@H](C3)O1. The predicted molar refractivity (Wildman–Crippen MR) is 56.3 cm³/mol. The van der Waals surface area contributed by atoms with Crippen LogP contribution in [-0.2, 0) is 11.3 Å². The molecule has 1 unspecified atom stereocenters. The molecular weight excluding hydrogens is 224 g/mol. The number of aromatic nitrogens is 4. The van der Waals surface area contributed by atoms with Gasteiger partial charge in [-0.15, -0.1) is 5.10 Å². The normalized spacial score (nSPS) is 30.8. The summed E-state index contributed by atoms with van der Waals surface area (Å²) >= 11 is 0. The van der Waals surface area contributed by atoms with Crippen molar-refractivity contribution in [3.63, 3.8) is 0 Å². The smallest absolute Gasteiger partial charge is 0.254 e. The number of aliphatic hydroxyl groups is 1. The molecule has 0 aromatic carbocycles. The molecule has 0 saturated carbocycles. The highest BCUT2D eigenvalue weighted by molar-refractivity contribution is 5.70. The number of pyridine rings is 1. The lowest BCUT2D eigenvalue weighted by molar-refractivity contribution is -0.0202. The van der Waals surface area contributed by atoms with Crippen molar-refractivity contribution in [3.8, 4) is 0 Å². The van der Waals surface area contributed by atoms with Gasteiger partial charge in [-0.05, 0) is 6.07 Å². The van der Waals surface area contributed by atoms with E-state index in [0.29, 0.717) is 24.1 Å². The van der Waals surface area contributed by atoms with E-state index in [1.165, 1.54) is 10.6 Å². The number of hydrogen-bond acceptors (Lipinski definition) is 5. The van der Waals surface area contributed by atoms with E-state index in [9.17, 15) is 9.90 Å². The summed E-state index contributed by atoms with van der Waals surface area (Å²) in [5.74, 6) is 0. The summed E-state index contributed by atoms with van der Waals surface area (Å²) in [5.41, 5.74) is 1.20. The van der Waals surface area contributed by atoms with Gasteiger partial charge in [-0.3, -0.25) is 9.36 Å². The average molecular weight is 234 g/mol. The van der Waals surface area contributed by atoms with Gasteiger partial charge < -0.3 is 9.84 Å². The highest BCUT2D eigenvalue weighted by Gasteiger charge is 2.39. The monoisotopic (exact) mass is 234 g/mol. The maximum Gasteiger partial charge on any atom is 0.254 e. The average Bonchev–Trinajstić information content (AvgIpc) is 2.79. The van der Waals surface area contributed by atoms with Crippen LogP contribution < -0.4 is 5.56 Å². The zero-order valence-electron chi connectivity index (χ0n) is 8.85. The molecule has 1 N–H and O–H groups in total. The van der Waals surface area contributed by atoms with Crippen LogP contribution in [-0.4, -0.2) is 36.9 Å². The van der Waals surface area contributed by atoms with Gasteiger partial charge in [0.05, 0.1) is 12.6 Å². The van der Waals surface area contributed by atoms with Crippen molar-refractivity contribution < 1.29 is 9.84 Å². The standard InChI is InChI=1S/C10H10N4O3/c15-6-3-9-14-8(16)2-1-5-10(14)13(12-11-5)4-7(6)17-9/h1-2,6-7,9,15H,3-4H2/t6?,7-,9-/m1/s1. The second-order valence-electron chi connectivity index (χ2n) is 4.45. The van der Waals surface area contributed by atoms with Gasteiger partial charge in [0.15, 0.2) is 5.65 Å². The quantitative estimate of drug-likeness (QED) is 0.649. The maximum absolute atomic E-state index is 11.9. The molecular formula is C10H10N4O3. The lowest BCUT2D eigenvalue weighted by atomic mass is 10.1. The topological polar surface area (TPSA) is 82.2 Å². The molecule has 0 aliphatic carbocycles. The Bertz CT molecular complexity index is 661. The highest BCUT2D eigenvalue weighted by atomic mass is 16.5. The Labute approximate surface area is 95.2 Å². The maximum atomic E-state index is 11.9. The number of nitrogens with zero attached hydrogens (tertiary/aromatic N) is 4. The first kappa shape index (κ1) is 9.32. The Balaban J connectivity index is 2.10. The molecule has 1 fully saturated rings. The van der Waals surface area contributed by atoms with Gasteiger partial charge in [0.1, 0.15) is 17.8 Å². The third-order valence-electron chi connectivity index (χ3n) is 3.43. The summed E-state index contributed by atoms with van der Waals surface area (Å²) in [6, 6.07) is 3.11. The first-order valence-electron chi connectivity index (χ1n) is 5.52. The van der Waals surface area contributed by atoms with E-state index in [-0.39, 0.29) is 11.7 Å². The van der Waals surface area contributed by atoms with E-state index >= 15 is 0 Å². The van der Waals surface area contributed by atoms with Crippen LogP contribution in [0, 0.1) is 0 Å². The van der Waals surface area contributed by atoms with Crippen LogP contribution in [0.5, 0.6) is 0 Å². The molecule has 0 radical (unpaired) electrons. The molecule has 2 aliphatic heterocycles. The van der Waals surface area contributed by atoms with Crippen LogP contribution in [0.1, 0.15) is 12.6 Å². The van der Waals surface area contributed by atoms with Crippen molar-refractivity contribution in [1.29, 1.82) is 0 Å². The Hall–Kier alpha value is -1.73. The molecule has 88 valence electrons. The van der Waals surface area contributed by atoms with E-state index in [1.54, 1.807) is 10.7 Å². The van der Waals surface area contributed by atoms with Crippen LogP contribution in [0.4, 0.5) is 0 Å². The van der Waals surface area contributed by atoms with Gasteiger partial charge in [0.25, 0.3) is 5.56 Å². The van der Waals surface area contributed by atoms with E-state index in [1.807, 2.05) is 0 Å². The summed E-state index contributed by atoms with van der Waals surface area (Å²) in [6.45, 7) is 0.428. The summed E-state index contributed by atoms with van der Waals surface area (Å²) < 4.78 is 8.83. The molecule has 0 amide bonds. The summed E-state index contributed by atoms with van der Waals surface area (Å²) in [4.78, 5) is 11.9. The van der Waals surface area contributed by atoms with Crippen molar-refractivity contribution in [2.75, 3.05) is 0 Å². The zero-order valence-corrected chi connectivity index (χ0v) is 8.85. The minimum absolute atomic E-state index is 0.152. The summed E-state index contributed by atoms with van der Waals surface area (Å²) in [7, 11) is 0. The Morgan fingerprint density at radius 3 is 3.24 bits per heavy atom. The second kappa shape index (κ2) is 2.93. The van der Waals surface area contributed by atoms with Crippen LogP contribution in [0.15, 0.2) is 16.9 Å². The Morgan fingerprint density at radius 1 is 1.47 bits per heavy atom. The minimum Gasteiger partial charge on any atom is -0.390 e. The molecule has 2 aromatic rings. The molecule has 3 atom stereocenters. The summed E-state index contributed by atoms with van der Waals surface area (Å²) in [5, 5.41) is 17.8. The zero-order chi connectivity index (χ0) is 11.6. The first-order chi connectivity index (χ1) is 8.24. The van der Waals surface area contributed by atoms with Gasteiger partial charge in [-0.2, -0.15) is 0 Å². The number of ether oxygens (including phenoxy) is 1. The highest BCUT2D eigenvalue weighted by Crippen LogP contribution is 2.33. The van der Waals surface area contributed by atoms with Crippen molar-refractivity contribution in [2.45, 2.75) is 31.4 Å². The molecule has 17 heavy (non-hydrogen) atoms. The fourth-order valence-corrected chi connectivity index (χ4v) is 2.62. The largest absolute Gasteiger partial charge is 0.390 e. The fraction of sp³-hybridized carbons (Fsp3) is 0.500. The van der Waals surface area contributed by atoms with E-state index in [2.05, 4.69) is 10.3 Å². The van der Waals surface area contributed by atoms with Gasteiger partial charge in [-0.1, -0.05) is 5.21 Å². The van der Waals surface area contributed by atoms with Gasteiger partial charge >= 0.3 is 0 Å². The molecule has 4 heterocycles. The predicted octanol–water partition coefficient (Wildman–Crippen LogP) is -0.745. The van der Waals surface area contributed by atoms with E-state index < -0.39 is 12.3 Å². The van der Waals surface area contributed by atoms with Crippen LogP contribution in [0.25, 0.3) is 11.2 Å². The first-order valence-corrected chi connectivity index (χ1v) is 5.52. The Kier molecular flexibility index (Phi) is 1.61. The van der Waals surface area contributed by atoms with Crippen LogP contribution in [0.2, 0.25) is 0 Å². The molecule has 2 aliphatic rings. The molecule has 7 heteroatoms. The van der Waals surface area contributed by atoms with Crippen LogP contribution in [0.3, 0.4) is 0 Å². The third kappa shape index (κ3) is 1.10. The lowest BCUT2D eigenvalue weighted by Crippen LogP contribution is -2.28. The minimum atomic E-state index is -0.556. The number of fused-ring (bicyclic) bond motifs is 3. The Morgan fingerprint density at radius 2 is 2.35 bits per heavy atom. The van der Waals surface area contributed by atoms with Gasteiger partial charge in [0, 0.05) is 12.5 Å². The molecule has 1 saturated heterocycles. The molecule has 2 bridgehead atoms. The van der Waals surface area contributed by atoms with E-state index in [4.69, 9.17) is 4.74 Å². The van der Waals surface area contributed by atoms with Gasteiger partial charge in [-0.25, -0.2) is 4.68 Å². The summed E-state index contributed by atoms with van der Waals surface area (Å²) in [6.07, 6.45) is -0.843. The third-order valence-corrected chi connectivity index (χ3v) is 3.43. The molecule has 4 rings (SSSR count). The fourth-order valence-electron chi connectivity index (χ4n) is 2.62. The van der Waals surface area contributed by atoms with Crippen molar-refractivity contribution in [3.05, 3.63) is 22.5 Å². The number of hydrogen-bond donors (Lipinski definition) is 1.